The van der Waals surface area contributed by atoms with Crippen LogP contribution in [0.5, 0.6) is 0 Å². The highest BCUT2D eigenvalue weighted by Gasteiger charge is 2.32. The first-order valence-electron chi connectivity index (χ1n) is 13.4. The van der Waals surface area contributed by atoms with Gasteiger partial charge in [0.25, 0.3) is 0 Å². The van der Waals surface area contributed by atoms with Gasteiger partial charge in [-0.3, -0.25) is 9.59 Å². The number of halogens is 1. The van der Waals surface area contributed by atoms with Crippen LogP contribution in [0.15, 0.2) is 84.9 Å². The van der Waals surface area contributed by atoms with Crippen LogP contribution in [0, 0.1) is 0 Å². The maximum atomic E-state index is 13.6. The molecule has 1 heterocycles. The van der Waals surface area contributed by atoms with E-state index in [9.17, 15) is 9.59 Å². The van der Waals surface area contributed by atoms with Crippen LogP contribution in [0.2, 0.25) is 5.02 Å². The van der Waals surface area contributed by atoms with Gasteiger partial charge in [0.05, 0.1) is 6.04 Å². The Morgan fingerprint density at radius 2 is 1.63 bits per heavy atom. The molecule has 1 fully saturated rings. The predicted molar refractivity (Wildman–Crippen MR) is 153 cm³/mol. The standard InChI is InChI=1S/C31H37ClN4O2/c32-26-14-11-23(12-15-26)13-16-30(37)34-21-27-18-20-36(31(38)29(35-27)17-19-33)22-28(24-7-3-1-4-8-24)25-9-5-2-6-10-25/h1-12,14-15,27-29,35H,13,16-22,33H2,(H,34,37)/t27-,29-/m0/s1. The zero-order valence-electron chi connectivity index (χ0n) is 21.7. The molecule has 2 atom stereocenters. The van der Waals surface area contributed by atoms with Gasteiger partial charge in [0.1, 0.15) is 0 Å². The van der Waals surface area contributed by atoms with Crippen LogP contribution in [0.25, 0.3) is 0 Å². The number of amides is 2. The van der Waals surface area contributed by atoms with Crippen molar-refractivity contribution in [1.82, 2.24) is 15.5 Å². The van der Waals surface area contributed by atoms with Gasteiger partial charge in [-0.05, 0) is 54.6 Å². The molecule has 7 heteroatoms. The van der Waals surface area contributed by atoms with Gasteiger partial charge in [-0.2, -0.15) is 0 Å². The second-order valence-corrected chi connectivity index (χ2v) is 10.3. The molecule has 0 bridgehead atoms. The number of carbonyl (C=O) groups excluding carboxylic acids is 2. The molecule has 0 saturated carbocycles. The molecule has 3 aromatic carbocycles. The zero-order chi connectivity index (χ0) is 26.7. The van der Waals surface area contributed by atoms with E-state index in [4.69, 9.17) is 17.3 Å². The highest BCUT2D eigenvalue weighted by molar-refractivity contribution is 6.30. The SMILES string of the molecule is NCC[C@@H]1N[C@H](CNC(=O)CCc2ccc(Cl)cc2)CCN(CC(c2ccccc2)c2ccccc2)C1=O. The Kier molecular flexibility index (Phi) is 10.3. The normalized spacial score (nSPS) is 17.9. The molecule has 1 saturated heterocycles. The maximum Gasteiger partial charge on any atom is 0.239 e. The molecular weight excluding hydrogens is 496 g/mol. The van der Waals surface area contributed by atoms with Gasteiger partial charge in [-0.15, -0.1) is 0 Å². The first kappa shape index (κ1) is 27.8. The van der Waals surface area contributed by atoms with Gasteiger partial charge in [0.15, 0.2) is 0 Å². The summed E-state index contributed by atoms with van der Waals surface area (Å²) in [4.78, 5) is 28.1. The van der Waals surface area contributed by atoms with Crippen molar-refractivity contribution < 1.29 is 9.59 Å². The van der Waals surface area contributed by atoms with Gasteiger partial charge in [-0.25, -0.2) is 0 Å². The summed E-state index contributed by atoms with van der Waals surface area (Å²) >= 11 is 5.95. The smallest absolute Gasteiger partial charge is 0.239 e. The number of aryl methyl sites for hydroxylation is 1. The minimum atomic E-state index is -0.370. The van der Waals surface area contributed by atoms with Crippen molar-refractivity contribution in [3.8, 4) is 0 Å². The molecule has 0 spiro atoms. The molecule has 0 aliphatic carbocycles. The van der Waals surface area contributed by atoms with Crippen LogP contribution in [0.3, 0.4) is 0 Å². The Morgan fingerprint density at radius 3 is 2.24 bits per heavy atom. The van der Waals surface area contributed by atoms with Crippen molar-refractivity contribution in [1.29, 1.82) is 0 Å². The monoisotopic (exact) mass is 532 g/mol. The third-order valence-corrected chi connectivity index (χ3v) is 7.41. The van der Waals surface area contributed by atoms with Crippen molar-refractivity contribution in [3.05, 3.63) is 107 Å². The fourth-order valence-electron chi connectivity index (χ4n) is 5.03. The minimum Gasteiger partial charge on any atom is -0.355 e. The van der Waals surface area contributed by atoms with Gasteiger partial charge in [-0.1, -0.05) is 84.4 Å². The van der Waals surface area contributed by atoms with Crippen molar-refractivity contribution in [2.75, 3.05) is 26.2 Å². The summed E-state index contributed by atoms with van der Waals surface area (Å²) in [6, 6.07) is 27.9. The zero-order valence-corrected chi connectivity index (χ0v) is 22.4. The van der Waals surface area contributed by atoms with Crippen molar-refractivity contribution in [3.63, 3.8) is 0 Å². The number of hydrogen-bond acceptors (Lipinski definition) is 4. The lowest BCUT2D eigenvalue weighted by Gasteiger charge is -2.29. The molecule has 0 aromatic heterocycles. The average molecular weight is 533 g/mol. The molecule has 0 unspecified atom stereocenters. The van der Waals surface area contributed by atoms with E-state index >= 15 is 0 Å². The molecule has 3 aromatic rings. The Morgan fingerprint density at radius 1 is 1.00 bits per heavy atom. The summed E-state index contributed by atoms with van der Waals surface area (Å²) < 4.78 is 0. The van der Waals surface area contributed by atoms with E-state index in [1.807, 2.05) is 65.6 Å². The summed E-state index contributed by atoms with van der Waals surface area (Å²) in [5.74, 6) is 0.144. The summed E-state index contributed by atoms with van der Waals surface area (Å²) in [6.45, 7) is 2.10. The van der Waals surface area contributed by atoms with E-state index < -0.39 is 0 Å². The van der Waals surface area contributed by atoms with Crippen LogP contribution >= 0.6 is 11.6 Å². The Bertz CT molecular complexity index is 1120. The summed E-state index contributed by atoms with van der Waals surface area (Å²) in [5.41, 5.74) is 9.33. The van der Waals surface area contributed by atoms with Crippen molar-refractivity contribution >= 4 is 23.4 Å². The van der Waals surface area contributed by atoms with Gasteiger partial charge in [0, 0.05) is 43.0 Å². The first-order chi connectivity index (χ1) is 18.5. The molecule has 0 radical (unpaired) electrons. The number of carbonyl (C=O) groups is 2. The number of benzene rings is 3. The van der Waals surface area contributed by atoms with E-state index in [1.165, 1.54) is 11.1 Å². The minimum absolute atomic E-state index is 0.00206. The van der Waals surface area contributed by atoms with E-state index in [1.54, 1.807) is 0 Å². The molecule has 38 heavy (non-hydrogen) atoms. The Balaban J connectivity index is 1.39. The molecule has 6 nitrogen and oxygen atoms in total. The predicted octanol–water partition coefficient (Wildman–Crippen LogP) is 4.13. The topological polar surface area (TPSA) is 87.5 Å². The fraction of sp³-hybridized carbons (Fsp3) is 0.355. The number of rotatable bonds is 11. The van der Waals surface area contributed by atoms with E-state index in [0.29, 0.717) is 50.5 Å². The first-order valence-corrected chi connectivity index (χ1v) is 13.8. The van der Waals surface area contributed by atoms with Crippen LogP contribution in [-0.2, 0) is 16.0 Å². The second-order valence-electron chi connectivity index (χ2n) is 9.87. The van der Waals surface area contributed by atoms with E-state index in [0.717, 1.165) is 12.0 Å². The summed E-state index contributed by atoms with van der Waals surface area (Å²) in [5, 5.41) is 7.23. The molecule has 200 valence electrons. The van der Waals surface area contributed by atoms with E-state index in [-0.39, 0.29) is 29.8 Å². The van der Waals surface area contributed by atoms with Gasteiger partial charge in [0.2, 0.25) is 11.8 Å². The van der Waals surface area contributed by atoms with Crippen LogP contribution in [-0.4, -0.2) is 55.0 Å². The fourth-order valence-corrected chi connectivity index (χ4v) is 5.15. The molecule has 4 N–H and O–H groups in total. The maximum absolute atomic E-state index is 13.6. The number of hydrogen-bond donors (Lipinski definition) is 3. The summed E-state index contributed by atoms with van der Waals surface area (Å²) in [6.07, 6.45) is 2.36. The quantitative estimate of drug-likeness (QED) is 0.346. The van der Waals surface area contributed by atoms with Crippen molar-refractivity contribution in [2.24, 2.45) is 5.73 Å². The van der Waals surface area contributed by atoms with Gasteiger partial charge >= 0.3 is 0 Å². The van der Waals surface area contributed by atoms with Crippen LogP contribution < -0.4 is 16.4 Å². The largest absolute Gasteiger partial charge is 0.355 e. The highest BCUT2D eigenvalue weighted by atomic mass is 35.5. The Labute approximate surface area is 230 Å². The summed E-state index contributed by atoms with van der Waals surface area (Å²) in [7, 11) is 0. The lowest BCUT2D eigenvalue weighted by Crippen LogP contribution is -2.49. The lowest BCUT2D eigenvalue weighted by atomic mass is 9.90. The number of nitrogens with zero attached hydrogens (tertiary/aromatic N) is 1. The van der Waals surface area contributed by atoms with E-state index in [2.05, 4.69) is 34.9 Å². The van der Waals surface area contributed by atoms with Crippen LogP contribution in [0.4, 0.5) is 0 Å². The third-order valence-electron chi connectivity index (χ3n) is 7.16. The second kappa shape index (κ2) is 14.1. The number of nitrogens with two attached hydrogens (primary N) is 1. The molecule has 1 aliphatic heterocycles. The van der Waals surface area contributed by atoms with Gasteiger partial charge < -0.3 is 21.3 Å². The van der Waals surface area contributed by atoms with Crippen molar-refractivity contribution in [2.45, 2.75) is 43.7 Å². The molecular formula is C31H37ClN4O2. The Hall–Kier alpha value is -3.19. The average Bonchev–Trinajstić information content (AvgIpc) is 3.09. The van der Waals surface area contributed by atoms with Crippen LogP contribution in [0.1, 0.15) is 41.9 Å². The highest BCUT2D eigenvalue weighted by Crippen LogP contribution is 2.27. The molecule has 1 aliphatic rings. The lowest BCUT2D eigenvalue weighted by molar-refractivity contribution is -0.133. The number of nitrogens with one attached hydrogen (secondary N) is 2. The molecule has 4 rings (SSSR count). The molecule has 2 amide bonds. The third kappa shape index (κ3) is 7.90.